The standard InChI is InChI=1S/C17H19N3O3/c1-20(2)14-10-6-9-13(11-14)18-16(21)15(19-17(22)23)12-7-4-3-5-8-12/h3-11,15,19H,1-2H3,(H,18,21)(H,22,23). The van der Waals surface area contributed by atoms with E-state index in [1.165, 1.54) is 0 Å². The molecule has 6 nitrogen and oxygen atoms in total. The van der Waals surface area contributed by atoms with Gasteiger partial charge in [-0.2, -0.15) is 0 Å². The van der Waals surface area contributed by atoms with Crippen LogP contribution in [0.4, 0.5) is 16.2 Å². The topological polar surface area (TPSA) is 81.7 Å². The fraction of sp³-hybridized carbons (Fsp3) is 0.176. The number of carbonyl (C=O) groups is 2. The molecular weight excluding hydrogens is 294 g/mol. The highest BCUT2D eigenvalue weighted by Crippen LogP contribution is 2.20. The first-order chi connectivity index (χ1) is 11.0. The predicted molar refractivity (Wildman–Crippen MR) is 89.7 cm³/mol. The Hall–Kier alpha value is -3.02. The van der Waals surface area contributed by atoms with Crippen LogP contribution in [0.2, 0.25) is 0 Å². The van der Waals surface area contributed by atoms with E-state index in [1.54, 1.807) is 36.4 Å². The van der Waals surface area contributed by atoms with Crippen molar-refractivity contribution in [3.63, 3.8) is 0 Å². The zero-order valence-corrected chi connectivity index (χ0v) is 13.0. The minimum atomic E-state index is -1.25. The summed E-state index contributed by atoms with van der Waals surface area (Å²) in [5.74, 6) is -0.436. The molecule has 0 heterocycles. The van der Waals surface area contributed by atoms with Gasteiger partial charge in [0.2, 0.25) is 0 Å². The number of benzene rings is 2. The third kappa shape index (κ3) is 4.47. The van der Waals surface area contributed by atoms with Crippen molar-refractivity contribution < 1.29 is 14.7 Å². The van der Waals surface area contributed by atoms with Gasteiger partial charge in [-0.3, -0.25) is 4.79 Å². The van der Waals surface area contributed by atoms with Gasteiger partial charge in [-0.1, -0.05) is 36.4 Å². The van der Waals surface area contributed by atoms with Gasteiger partial charge in [-0.25, -0.2) is 4.79 Å². The first kappa shape index (κ1) is 16.4. The Labute approximate surface area is 134 Å². The smallest absolute Gasteiger partial charge is 0.405 e. The van der Waals surface area contributed by atoms with E-state index in [0.29, 0.717) is 11.3 Å². The van der Waals surface area contributed by atoms with E-state index < -0.39 is 18.0 Å². The minimum absolute atomic E-state index is 0.436. The molecule has 0 aromatic heterocycles. The number of hydrogen-bond donors (Lipinski definition) is 3. The molecule has 2 rings (SSSR count). The van der Waals surface area contributed by atoms with Crippen LogP contribution in [0, 0.1) is 0 Å². The largest absolute Gasteiger partial charge is 0.465 e. The molecule has 2 aromatic carbocycles. The van der Waals surface area contributed by atoms with Crippen LogP contribution in [0.25, 0.3) is 0 Å². The zero-order chi connectivity index (χ0) is 16.8. The molecule has 0 bridgehead atoms. The fourth-order valence-electron chi connectivity index (χ4n) is 2.15. The van der Waals surface area contributed by atoms with Crippen LogP contribution in [-0.2, 0) is 4.79 Å². The molecule has 0 aliphatic rings. The Morgan fingerprint density at radius 2 is 1.74 bits per heavy atom. The summed E-state index contributed by atoms with van der Waals surface area (Å²) in [5.41, 5.74) is 2.12. The maximum absolute atomic E-state index is 12.5. The van der Waals surface area contributed by atoms with Gasteiger partial charge in [-0.15, -0.1) is 0 Å². The van der Waals surface area contributed by atoms with Crippen molar-refractivity contribution in [1.82, 2.24) is 5.32 Å². The average Bonchev–Trinajstić information content (AvgIpc) is 2.53. The molecule has 0 saturated carbocycles. The minimum Gasteiger partial charge on any atom is -0.465 e. The van der Waals surface area contributed by atoms with Crippen LogP contribution in [0.1, 0.15) is 11.6 Å². The second-order valence-corrected chi connectivity index (χ2v) is 5.23. The number of amides is 2. The third-order valence-electron chi connectivity index (χ3n) is 3.29. The molecule has 23 heavy (non-hydrogen) atoms. The molecule has 2 aromatic rings. The lowest BCUT2D eigenvalue weighted by molar-refractivity contribution is -0.118. The maximum Gasteiger partial charge on any atom is 0.405 e. The first-order valence-corrected chi connectivity index (χ1v) is 7.10. The highest BCUT2D eigenvalue weighted by atomic mass is 16.4. The summed E-state index contributed by atoms with van der Waals surface area (Å²) in [4.78, 5) is 25.4. The van der Waals surface area contributed by atoms with Crippen LogP contribution in [0.5, 0.6) is 0 Å². The van der Waals surface area contributed by atoms with Crippen LogP contribution >= 0.6 is 0 Å². The summed E-state index contributed by atoms with van der Waals surface area (Å²) >= 11 is 0. The molecule has 0 aliphatic carbocycles. The molecule has 120 valence electrons. The number of hydrogen-bond acceptors (Lipinski definition) is 3. The van der Waals surface area contributed by atoms with Gasteiger partial charge in [0.05, 0.1) is 0 Å². The first-order valence-electron chi connectivity index (χ1n) is 7.10. The highest BCUT2D eigenvalue weighted by Gasteiger charge is 2.22. The van der Waals surface area contributed by atoms with E-state index >= 15 is 0 Å². The molecule has 2 amide bonds. The summed E-state index contributed by atoms with van der Waals surface area (Å²) in [7, 11) is 3.80. The van der Waals surface area contributed by atoms with E-state index in [1.807, 2.05) is 37.2 Å². The summed E-state index contributed by atoms with van der Waals surface area (Å²) in [6.07, 6.45) is -1.25. The van der Waals surface area contributed by atoms with Crippen LogP contribution < -0.4 is 15.5 Å². The van der Waals surface area contributed by atoms with E-state index in [9.17, 15) is 9.59 Å². The molecule has 3 N–H and O–H groups in total. The van der Waals surface area contributed by atoms with Gasteiger partial charge in [0.25, 0.3) is 5.91 Å². The molecule has 0 radical (unpaired) electrons. The Morgan fingerprint density at radius 1 is 1.04 bits per heavy atom. The van der Waals surface area contributed by atoms with Crippen molar-refractivity contribution in [3.8, 4) is 0 Å². The number of anilines is 2. The second-order valence-electron chi connectivity index (χ2n) is 5.23. The number of nitrogens with zero attached hydrogens (tertiary/aromatic N) is 1. The van der Waals surface area contributed by atoms with Gasteiger partial charge in [-0.05, 0) is 23.8 Å². The maximum atomic E-state index is 12.5. The molecular formula is C17H19N3O3. The Morgan fingerprint density at radius 3 is 2.35 bits per heavy atom. The predicted octanol–water partition coefficient (Wildman–Crippen LogP) is 2.70. The van der Waals surface area contributed by atoms with E-state index in [0.717, 1.165) is 5.69 Å². The molecule has 1 atom stereocenters. The molecule has 0 spiro atoms. The molecule has 1 unspecified atom stereocenters. The van der Waals surface area contributed by atoms with E-state index in [2.05, 4.69) is 10.6 Å². The Balaban J connectivity index is 2.21. The summed E-state index contributed by atoms with van der Waals surface area (Å²) in [6.45, 7) is 0. The van der Waals surface area contributed by atoms with Crippen molar-refractivity contribution >= 4 is 23.4 Å². The van der Waals surface area contributed by atoms with Gasteiger partial charge in [0.15, 0.2) is 0 Å². The van der Waals surface area contributed by atoms with Crippen LogP contribution in [0.3, 0.4) is 0 Å². The lowest BCUT2D eigenvalue weighted by Crippen LogP contribution is -2.36. The average molecular weight is 313 g/mol. The van der Waals surface area contributed by atoms with Crippen LogP contribution in [-0.4, -0.2) is 31.2 Å². The Kier molecular flexibility index (Phi) is 5.19. The molecule has 0 aliphatic heterocycles. The van der Waals surface area contributed by atoms with E-state index in [4.69, 9.17) is 5.11 Å². The molecule has 0 fully saturated rings. The van der Waals surface area contributed by atoms with Gasteiger partial charge in [0, 0.05) is 25.5 Å². The molecule has 0 saturated heterocycles. The SMILES string of the molecule is CN(C)c1cccc(NC(=O)C(NC(=O)O)c2ccccc2)c1. The zero-order valence-electron chi connectivity index (χ0n) is 13.0. The van der Waals surface area contributed by atoms with Gasteiger partial charge >= 0.3 is 6.09 Å². The van der Waals surface area contributed by atoms with Crippen LogP contribution in [0.15, 0.2) is 54.6 Å². The third-order valence-corrected chi connectivity index (χ3v) is 3.29. The normalized spacial score (nSPS) is 11.4. The molecule has 6 heteroatoms. The summed E-state index contributed by atoms with van der Waals surface area (Å²) in [5, 5.41) is 14.0. The number of carboxylic acid groups (broad SMARTS) is 1. The summed E-state index contributed by atoms with van der Waals surface area (Å²) < 4.78 is 0. The van der Waals surface area contributed by atoms with Crippen molar-refractivity contribution in [1.29, 1.82) is 0 Å². The second kappa shape index (κ2) is 7.31. The fourth-order valence-corrected chi connectivity index (χ4v) is 2.15. The lowest BCUT2D eigenvalue weighted by Gasteiger charge is -2.18. The number of carbonyl (C=O) groups excluding carboxylic acids is 1. The van der Waals surface area contributed by atoms with E-state index in [-0.39, 0.29) is 0 Å². The Bertz CT molecular complexity index is 686. The highest BCUT2D eigenvalue weighted by molar-refractivity contribution is 5.97. The lowest BCUT2D eigenvalue weighted by atomic mass is 10.1. The van der Waals surface area contributed by atoms with Gasteiger partial charge in [0.1, 0.15) is 6.04 Å². The quantitative estimate of drug-likeness (QED) is 0.792. The number of nitrogens with one attached hydrogen (secondary N) is 2. The van der Waals surface area contributed by atoms with Crippen molar-refractivity contribution in [2.24, 2.45) is 0 Å². The van der Waals surface area contributed by atoms with Crippen molar-refractivity contribution in [3.05, 3.63) is 60.2 Å². The van der Waals surface area contributed by atoms with Crippen molar-refractivity contribution in [2.75, 3.05) is 24.3 Å². The number of rotatable bonds is 5. The summed E-state index contributed by atoms with van der Waals surface area (Å²) in [6, 6.07) is 15.1. The van der Waals surface area contributed by atoms with Gasteiger partial charge < -0.3 is 20.6 Å². The van der Waals surface area contributed by atoms with Crippen molar-refractivity contribution in [2.45, 2.75) is 6.04 Å². The monoisotopic (exact) mass is 313 g/mol.